The number of aromatic nitrogens is 1. The highest BCUT2D eigenvalue weighted by molar-refractivity contribution is 5.87. The summed E-state index contributed by atoms with van der Waals surface area (Å²) in [5, 5.41) is 10.2. The van der Waals surface area contributed by atoms with Crippen molar-refractivity contribution in [3.8, 4) is 16.9 Å². The molecular weight excluding hydrogens is 428 g/mol. The molecule has 0 aliphatic rings. The van der Waals surface area contributed by atoms with Gasteiger partial charge in [-0.3, -0.25) is 14.6 Å². The number of carboxylic acids is 1. The molecule has 3 aromatic carbocycles. The van der Waals surface area contributed by atoms with E-state index in [0.717, 1.165) is 33.3 Å². The van der Waals surface area contributed by atoms with Gasteiger partial charge in [0.05, 0.1) is 31.3 Å². The maximum atomic E-state index is 12.6. The zero-order valence-electron chi connectivity index (χ0n) is 19.2. The van der Waals surface area contributed by atoms with E-state index in [0.29, 0.717) is 24.4 Å². The highest BCUT2D eigenvalue weighted by Gasteiger charge is 2.19. The topological polar surface area (TPSA) is 79.7 Å². The summed E-state index contributed by atoms with van der Waals surface area (Å²) in [5.41, 5.74) is 4.79. The van der Waals surface area contributed by atoms with Crippen molar-refractivity contribution in [2.24, 2.45) is 0 Å². The molecular formula is C28H26N2O4. The molecule has 0 atom stereocenters. The van der Waals surface area contributed by atoms with Crippen LogP contribution in [0.15, 0.2) is 78.9 Å². The lowest BCUT2D eigenvalue weighted by Crippen LogP contribution is -2.28. The van der Waals surface area contributed by atoms with E-state index in [-0.39, 0.29) is 12.3 Å². The van der Waals surface area contributed by atoms with Crippen LogP contribution in [-0.2, 0) is 29.1 Å². The predicted octanol–water partition coefficient (Wildman–Crippen LogP) is 5.09. The molecule has 1 amide bonds. The largest absolute Gasteiger partial charge is 0.496 e. The van der Waals surface area contributed by atoms with E-state index in [1.807, 2.05) is 66.7 Å². The number of amides is 1. The Morgan fingerprint density at radius 3 is 2.32 bits per heavy atom. The van der Waals surface area contributed by atoms with Crippen molar-refractivity contribution in [3.05, 3.63) is 95.7 Å². The van der Waals surface area contributed by atoms with Crippen molar-refractivity contribution in [3.63, 3.8) is 0 Å². The van der Waals surface area contributed by atoms with Gasteiger partial charge in [-0.15, -0.1) is 0 Å². The quantitative estimate of drug-likeness (QED) is 0.401. The van der Waals surface area contributed by atoms with Gasteiger partial charge < -0.3 is 14.7 Å². The monoisotopic (exact) mass is 454 g/mol. The molecule has 34 heavy (non-hydrogen) atoms. The van der Waals surface area contributed by atoms with Crippen LogP contribution in [0.25, 0.3) is 22.0 Å². The lowest BCUT2D eigenvalue weighted by atomic mass is 9.97. The summed E-state index contributed by atoms with van der Waals surface area (Å²) in [4.78, 5) is 30.6. The second-order valence-corrected chi connectivity index (χ2v) is 8.14. The third-order valence-electron chi connectivity index (χ3n) is 5.71. The molecule has 0 aliphatic heterocycles. The Kier molecular flexibility index (Phi) is 6.87. The Hall–Kier alpha value is -4.19. The number of carboxylic acid groups (broad SMARTS) is 1. The highest BCUT2D eigenvalue weighted by Crippen LogP contribution is 2.35. The standard InChI is InChI=1S/C28H26N2O4/c1-19(31)30(17-20-8-4-3-5-9-20)18-26-23(16-22-10-6-7-11-25(22)29-26)24-14-21(15-28(32)33)12-13-27(24)34-2/h3-14,16H,15,17-18H2,1-2H3,(H,32,33). The lowest BCUT2D eigenvalue weighted by Gasteiger charge is -2.23. The van der Waals surface area contributed by atoms with Gasteiger partial charge in [-0.05, 0) is 35.4 Å². The third-order valence-corrected chi connectivity index (χ3v) is 5.71. The first-order chi connectivity index (χ1) is 16.4. The first-order valence-electron chi connectivity index (χ1n) is 11.0. The van der Waals surface area contributed by atoms with Crippen molar-refractivity contribution in [1.82, 2.24) is 9.88 Å². The van der Waals surface area contributed by atoms with Crippen molar-refractivity contribution in [1.29, 1.82) is 0 Å². The SMILES string of the molecule is COc1ccc(CC(=O)O)cc1-c1cc2ccccc2nc1CN(Cc1ccccc1)C(C)=O. The molecule has 0 aliphatic carbocycles. The average Bonchev–Trinajstić information content (AvgIpc) is 2.83. The number of benzene rings is 3. The fourth-order valence-corrected chi connectivity index (χ4v) is 4.02. The van der Waals surface area contributed by atoms with Gasteiger partial charge in [-0.25, -0.2) is 0 Å². The van der Waals surface area contributed by atoms with Gasteiger partial charge in [0.15, 0.2) is 0 Å². The van der Waals surface area contributed by atoms with Crippen LogP contribution in [0.4, 0.5) is 0 Å². The summed E-state index contributed by atoms with van der Waals surface area (Å²) in [5.74, 6) is -0.347. The Morgan fingerprint density at radius 1 is 0.882 bits per heavy atom. The molecule has 6 heteroatoms. The fourth-order valence-electron chi connectivity index (χ4n) is 4.02. The summed E-state index contributed by atoms with van der Waals surface area (Å²) in [6.45, 7) is 2.31. The average molecular weight is 455 g/mol. The zero-order valence-corrected chi connectivity index (χ0v) is 19.2. The lowest BCUT2D eigenvalue weighted by molar-refractivity contribution is -0.136. The Labute approximate surface area is 198 Å². The second kappa shape index (κ2) is 10.2. The molecule has 1 aromatic heterocycles. The number of pyridine rings is 1. The molecule has 0 saturated carbocycles. The number of hydrogen-bond donors (Lipinski definition) is 1. The molecule has 172 valence electrons. The van der Waals surface area contributed by atoms with E-state index < -0.39 is 5.97 Å². The summed E-state index contributed by atoms with van der Waals surface area (Å²) >= 11 is 0. The van der Waals surface area contributed by atoms with E-state index >= 15 is 0 Å². The number of rotatable bonds is 8. The number of nitrogens with zero attached hydrogens (tertiary/aromatic N) is 2. The number of hydrogen-bond acceptors (Lipinski definition) is 4. The van der Waals surface area contributed by atoms with Crippen molar-refractivity contribution in [2.45, 2.75) is 26.4 Å². The van der Waals surface area contributed by atoms with Crippen LogP contribution in [0, 0.1) is 0 Å². The van der Waals surface area contributed by atoms with Gasteiger partial charge in [0.2, 0.25) is 5.91 Å². The summed E-state index contributed by atoms with van der Waals surface area (Å²) in [6.07, 6.45) is -0.0963. The molecule has 4 rings (SSSR count). The van der Waals surface area contributed by atoms with E-state index in [2.05, 4.69) is 0 Å². The van der Waals surface area contributed by atoms with E-state index in [1.165, 1.54) is 0 Å². The number of para-hydroxylation sites is 1. The number of carbonyl (C=O) groups is 2. The van der Waals surface area contributed by atoms with E-state index in [9.17, 15) is 14.7 Å². The van der Waals surface area contributed by atoms with E-state index in [1.54, 1.807) is 31.1 Å². The molecule has 4 aromatic rings. The zero-order chi connectivity index (χ0) is 24.1. The highest BCUT2D eigenvalue weighted by atomic mass is 16.5. The smallest absolute Gasteiger partial charge is 0.307 e. The van der Waals surface area contributed by atoms with Gasteiger partial charge in [0.1, 0.15) is 5.75 Å². The van der Waals surface area contributed by atoms with Gasteiger partial charge in [0, 0.05) is 30.0 Å². The number of methoxy groups -OCH3 is 1. The molecule has 0 bridgehead atoms. The normalized spacial score (nSPS) is 10.8. The van der Waals surface area contributed by atoms with Gasteiger partial charge in [-0.1, -0.05) is 54.6 Å². The fraction of sp³-hybridized carbons (Fsp3) is 0.179. The van der Waals surface area contributed by atoms with Crippen LogP contribution in [0.5, 0.6) is 5.75 Å². The third kappa shape index (κ3) is 5.23. The molecule has 0 unspecified atom stereocenters. The van der Waals surface area contributed by atoms with Crippen LogP contribution < -0.4 is 4.74 Å². The van der Waals surface area contributed by atoms with Gasteiger partial charge in [-0.2, -0.15) is 0 Å². The summed E-state index contributed by atoms with van der Waals surface area (Å²) < 4.78 is 5.62. The minimum absolute atomic E-state index is 0.0589. The minimum atomic E-state index is -0.904. The second-order valence-electron chi connectivity index (χ2n) is 8.14. The van der Waals surface area contributed by atoms with Gasteiger partial charge in [0.25, 0.3) is 0 Å². The minimum Gasteiger partial charge on any atom is -0.496 e. The first-order valence-corrected chi connectivity index (χ1v) is 11.0. The maximum Gasteiger partial charge on any atom is 0.307 e. The van der Waals surface area contributed by atoms with Crippen LogP contribution in [-0.4, -0.2) is 34.0 Å². The molecule has 0 spiro atoms. The molecule has 0 saturated heterocycles. The number of aliphatic carboxylic acids is 1. The molecule has 1 heterocycles. The van der Waals surface area contributed by atoms with Crippen molar-refractivity contribution < 1.29 is 19.4 Å². The van der Waals surface area contributed by atoms with Crippen LogP contribution >= 0.6 is 0 Å². The molecule has 6 nitrogen and oxygen atoms in total. The first kappa shape index (κ1) is 23.0. The molecule has 0 fully saturated rings. The Bertz CT molecular complexity index is 1340. The number of ether oxygens (including phenoxy) is 1. The van der Waals surface area contributed by atoms with Crippen LogP contribution in [0.3, 0.4) is 0 Å². The van der Waals surface area contributed by atoms with E-state index in [4.69, 9.17) is 9.72 Å². The molecule has 0 radical (unpaired) electrons. The number of carbonyl (C=O) groups excluding carboxylic acids is 1. The predicted molar refractivity (Wildman–Crippen MR) is 131 cm³/mol. The maximum absolute atomic E-state index is 12.6. The van der Waals surface area contributed by atoms with Gasteiger partial charge >= 0.3 is 5.97 Å². The Balaban J connectivity index is 1.84. The molecule has 1 N–H and O–H groups in total. The Morgan fingerprint density at radius 2 is 1.62 bits per heavy atom. The van der Waals surface area contributed by atoms with Crippen molar-refractivity contribution >= 4 is 22.8 Å². The van der Waals surface area contributed by atoms with Crippen LogP contribution in [0.2, 0.25) is 0 Å². The summed E-state index contributed by atoms with van der Waals surface area (Å²) in [7, 11) is 1.58. The van der Waals surface area contributed by atoms with Crippen LogP contribution in [0.1, 0.15) is 23.7 Å². The summed E-state index contributed by atoms with van der Waals surface area (Å²) in [6, 6.07) is 25.0. The van der Waals surface area contributed by atoms with Crippen molar-refractivity contribution in [2.75, 3.05) is 7.11 Å². The number of fused-ring (bicyclic) bond motifs is 1.